The Morgan fingerprint density at radius 3 is 2.70 bits per heavy atom. The van der Waals surface area contributed by atoms with E-state index in [9.17, 15) is 4.79 Å². The van der Waals surface area contributed by atoms with Crippen LogP contribution in [0.3, 0.4) is 0 Å². The van der Waals surface area contributed by atoms with E-state index in [-0.39, 0.29) is 5.91 Å². The van der Waals surface area contributed by atoms with Gasteiger partial charge in [0, 0.05) is 12.6 Å². The van der Waals surface area contributed by atoms with Gasteiger partial charge in [-0.15, -0.1) is 0 Å². The number of hydrogen-bond donors (Lipinski definition) is 1. The van der Waals surface area contributed by atoms with Gasteiger partial charge in [-0.1, -0.05) is 6.92 Å². The number of rotatable bonds is 7. The van der Waals surface area contributed by atoms with Crippen LogP contribution in [0.2, 0.25) is 0 Å². The number of carbonyl (C=O) groups is 1. The van der Waals surface area contributed by atoms with Crippen LogP contribution >= 0.6 is 16.3 Å². The van der Waals surface area contributed by atoms with Gasteiger partial charge in [-0.25, -0.2) is 0 Å². The van der Waals surface area contributed by atoms with Crippen LogP contribution < -0.4 is 18.6 Å². The lowest BCUT2D eigenvalue weighted by Gasteiger charge is -2.23. The van der Waals surface area contributed by atoms with Gasteiger partial charge in [-0.3, -0.25) is 9.69 Å². The van der Waals surface area contributed by atoms with Gasteiger partial charge >= 0.3 is 0 Å². The maximum absolute atomic E-state index is 12.7. The highest BCUT2D eigenvalue weighted by atomic mass is 79.9. The Morgan fingerprint density at radius 1 is 1.35 bits per heavy atom. The van der Waals surface area contributed by atoms with Crippen LogP contribution in [0.25, 0.3) is 0 Å². The first-order valence-corrected chi connectivity index (χ1v) is 8.36. The minimum Gasteiger partial charge on any atom is -0.493 e. The molecule has 2 rings (SSSR count). The van der Waals surface area contributed by atoms with Gasteiger partial charge in [0.15, 0.2) is 33.5 Å². The van der Waals surface area contributed by atoms with Crippen molar-refractivity contribution in [2.75, 3.05) is 33.9 Å². The molecule has 1 aromatic rings. The molecule has 6 nitrogen and oxygen atoms in total. The van der Waals surface area contributed by atoms with Crippen molar-refractivity contribution in [2.45, 2.75) is 25.8 Å². The minimum absolute atomic E-state index is 0.238. The number of carbonyl (C=O) groups excluding carboxylic acids is 1. The molecular formula is C16H23BrN2O4. The molecule has 1 heterocycles. The van der Waals surface area contributed by atoms with Crippen LogP contribution in [-0.4, -0.2) is 50.7 Å². The van der Waals surface area contributed by atoms with Crippen molar-refractivity contribution >= 4 is 22.2 Å². The summed E-state index contributed by atoms with van der Waals surface area (Å²) in [6.45, 7) is 4.84. The van der Waals surface area contributed by atoms with E-state index in [1.165, 1.54) is 20.6 Å². The number of amides is 1. The van der Waals surface area contributed by atoms with Crippen molar-refractivity contribution in [3.05, 3.63) is 17.7 Å². The van der Waals surface area contributed by atoms with Gasteiger partial charge in [0.05, 0.1) is 14.2 Å². The maximum Gasteiger partial charge on any atom is 0.259 e. The molecule has 1 N–H and O–H groups in total. The minimum atomic E-state index is -0.238. The average molecular weight is 387 g/mol. The third-order valence-electron chi connectivity index (χ3n) is 4.22. The third kappa shape index (κ3) is 3.90. The molecule has 0 bridgehead atoms. The Balaban J connectivity index is 2.17. The molecule has 128 valence electrons. The number of benzene rings is 1. The molecule has 1 aliphatic heterocycles. The molecule has 0 aliphatic carbocycles. The monoisotopic (exact) mass is 386 g/mol. The van der Waals surface area contributed by atoms with Gasteiger partial charge in [0.2, 0.25) is 0 Å². The van der Waals surface area contributed by atoms with Gasteiger partial charge in [-0.05, 0) is 38.1 Å². The van der Waals surface area contributed by atoms with Crippen LogP contribution in [0.1, 0.15) is 30.1 Å². The highest BCUT2D eigenvalue weighted by Gasteiger charge is 2.26. The molecule has 1 fully saturated rings. The first kappa shape index (κ1) is 17.9. The highest BCUT2D eigenvalue weighted by molar-refractivity contribution is 9.06. The number of hydrogen-bond acceptors (Lipinski definition) is 5. The van der Waals surface area contributed by atoms with E-state index in [1.807, 2.05) is 0 Å². The third-order valence-corrected chi connectivity index (χ3v) is 4.57. The second-order valence-electron chi connectivity index (χ2n) is 5.39. The van der Waals surface area contributed by atoms with E-state index in [0.717, 1.165) is 19.5 Å². The number of nitrogens with zero attached hydrogens (tertiary/aromatic N) is 1. The molecule has 1 atom stereocenters. The summed E-state index contributed by atoms with van der Waals surface area (Å²) in [6.07, 6.45) is 2.28. The van der Waals surface area contributed by atoms with Crippen molar-refractivity contribution < 1.29 is 18.1 Å². The Kier molecular flexibility index (Phi) is 6.53. The molecule has 7 heteroatoms. The first-order valence-electron chi connectivity index (χ1n) is 7.72. The van der Waals surface area contributed by atoms with Crippen LogP contribution in [0.15, 0.2) is 12.1 Å². The Morgan fingerprint density at radius 2 is 2.09 bits per heavy atom. The van der Waals surface area contributed by atoms with Crippen LogP contribution in [-0.2, 0) is 0 Å². The molecule has 1 unspecified atom stereocenters. The summed E-state index contributed by atoms with van der Waals surface area (Å²) < 4.78 is 15.7. The molecule has 1 amide bonds. The molecule has 0 aromatic heterocycles. The summed E-state index contributed by atoms with van der Waals surface area (Å²) in [5.74, 6) is 1.000. The summed E-state index contributed by atoms with van der Waals surface area (Å²) in [5.41, 5.74) is 0.324. The lowest BCUT2D eigenvalue weighted by molar-refractivity contribution is 0.0936. The summed E-state index contributed by atoms with van der Waals surface area (Å²) in [6, 6.07) is 3.75. The largest absolute Gasteiger partial charge is 0.493 e. The van der Waals surface area contributed by atoms with E-state index in [0.29, 0.717) is 35.4 Å². The number of methoxy groups -OCH3 is 2. The number of likely N-dealkylation sites (tertiary alicyclic amines) is 1. The Labute approximate surface area is 145 Å². The fourth-order valence-electron chi connectivity index (χ4n) is 3.03. The number of halogens is 1. The number of nitrogens with one attached hydrogen (secondary N) is 1. The van der Waals surface area contributed by atoms with Crippen LogP contribution in [0.5, 0.6) is 17.2 Å². The van der Waals surface area contributed by atoms with E-state index in [4.69, 9.17) is 13.3 Å². The SMILES string of the molecule is CCN1CCCC1CNC(=O)c1c(OBr)ccc(OC)c1OC. The summed E-state index contributed by atoms with van der Waals surface area (Å²) >= 11 is 2.94. The Hall–Kier alpha value is -1.47. The fraction of sp³-hybridized carbons (Fsp3) is 0.562. The van der Waals surface area contributed by atoms with Crippen molar-refractivity contribution in [3.8, 4) is 17.2 Å². The van der Waals surface area contributed by atoms with Gasteiger partial charge in [0.1, 0.15) is 5.56 Å². The van der Waals surface area contributed by atoms with Crippen LogP contribution in [0, 0.1) is 0 Å². The molecule has 1 saturated heterocycles. The smallest absolute Gasteiger partial charge is 0.259 e. The molecule has 23 heavy (non-hydrogen) atoms. The standard InChI is InChI=1S/C16H23BrN2O4/c1-4-19-9-5-6-11(19)10-18-16(20)14-12(23-17)7-8-13(21-2)15(14)22-3/h7-8,11H,4-6,9-10H2,1-3H3,(H,18,20). The summed E-state index contributed by atoms with van der Waals surface area (Å²) in [5, 5.41) is 2.99. The fourth-order valence-corrected chi connectivity index (χ4v) is 3.30. The van der Waals surface area contributed by atoms with Gasteiger partial charge in [-0.2, -0.15) is 0 Å². The first-order chi connectivity index (χ1) is 11.2. The molecule has 0 radical (unpaired) electrons. The predicted molar refractivity (Wildman–Crippen MR) is 91.7 cm³/mol. The Bertz CT molecular complexity index is 553. The number of likely N-dealkylation sites (N-methyl/N-ethyl adjacent to an activating group) is 1. The van der Waals surface area contributed by atoms with Crippen molar-refractivity contribution in [1.82, 2.24) is 10.2 Å². The molecule has 0 spiro atoms. The zero-order valence-corrected chi connectivity index (χ0v) is 15.3. The van der Waals surface area contributed by atoms with Crippen molar-refractivity contribution in [3.63, 3.8) is 0 Å². The van der Waals surface area contributed by atoms with E-state index >= 15 is 0 Å². The number of ether oxygens (including phenoxy) is 2. The zero-order chi connectivity index (χ0) is 16.8. The van der Waals surface area contributed by atoms with Crippen molar-refractivity contribution in [2.24, 2.45) is 0 Å². The zero-order valence-electron chi connectivity index (χ0n) is 13.7. The molecular weight excluding hydrogens is 364 g/mol. The lowest BCUT2D eigenvalue weighted by Crippen LogP contribution is -2.40. The van der Waals surface area contributed by atoms with E-state index in [2.05, 4.69) is 33.4 Å². The quantitative estimate of drug-likeness (QED) is 0.780. The van der Waals surface area contributed by atoms with E-state index < -0.39 is 0 Å². The van der Waals surface area contributed by atoms with Crippen LogP contribution in [0.4, 0.5) is 0 Å². The normalized spacial score (nSPS) is 17.8. The summed E-state index contributed by atoms with van der Waals surface area (Å²) in [7, 11) is 3.04. The summed E-state index contributed by atoms with van der Waals surface area (Å²) in [4.78, 5) is 15.0. The molecule has 1 aromatic carbocycles. The molecule has 1 aliphatic rings. The second kappa shape index (κ2) is 8.40. The second-order valence-corrected chi connectivity index (χ2v) is 5.71. The molecule has 0 saturated carbocycles. The van der Waals surface area contributed by atoms with Crippen molar-refractivity contribution in [1.29, 1.82) is 0 Å². The average Bonchev–Trinajstić information content (AvgIpc) is 3.05. The topological polar surface area (TPSA) is 60.0 Å². The van der Waals surface area contributed by atoms with E-state index in [1.54, 1.807) is 12.1 Å². The van der Waals surface area contributed by atoms with Gasteiger partial charge in [0.25, 0.3) is 5.91 Å². The lowest BCUT2D eigenvalue weighted by atomic mass is 10.1. The predicted octanol–water partition coefficient (Wildman–Crippen LogP) is 2.61. The van der Waals surface area contributed by atoms with Gasteiger partial charge < -0.3 is 18.6 Å². The maximum atomic E-state index is 12.7. The highest BCUT2D eigenvalue weighted by Crippen LogP contribution is 2.38.